The fourth-order valence-electron chi connectivity index (χ4n) is 3.52. The van der Waals surface area contributed by atoms with Crippen molar-refractivity contribution < 1.29 is 9.72 Å². The molecule has 0 bridgehead atoms. The first-order valence-electron chi connectivity index (χ1n) is 8.43. The number of nitro benzene ring substituents is 1. The van der Waals surface area contributed by atoms with E-state index in [1.807, 2.05) is 12.1 Å². The zero-order valence-corrected chi connectivity index (χ0v) is 14.1. The summed E-state index contributed by atoms with van der Waals surface area (Å²) in [7, 11) is 0. The van der Waals surface area contributed by atoms with Crippen molar-refractivity contribution >= 4 is 17.3 Å². The molecule has 1 aliphatic rings. The van der Waals surface area contributed by atoms with Gasteiger partial charge in [-0.3, -0.25) is 14.9 Å². The van der Waals surface area contributed by atoms with Gasteiger partial charge in [-0.2, -0.15) is 0 Å². The van der Waals surface area contributed by atoms with E-state index in [-0.39, 0.29) is 11.3 Å². The normalized spacial score (nSPS) is 16.4. The minimum Gasteiger partial charge on any atom is -0.366 e. The fraction of sp³-hybridized carbons (Fsp3) is 0.316. The van der Waals surface area contributed by atoms with Gasteiger partial charge in [0.1, 0.15) is 0 Å². The third kappa shape index (κ3) is 3.33. The summed E-state index contributed by atoms with van der Waals surface area (Å²) >= 11 is 0. The van der Waals surface area contributed by atoms with Crippen molar-refractivity contribution in [2.24, 2.45) is 5.73 Å². The monoisotopic (exact) mass is 339 g/mol. The second-order valence-electron chi connectivity index (χ2n) is 6.32. The Labute approximate surface area is 146 Å². The van der Waals surface area contributed by atoms with Gasteiger partial charge in [0.15, 0.2) is 0 Å². The molecule has 0 fully saturated rings. The molecule has 2 aromatic carbocycles. The number of hydrogen-bond acceptors (Lipinski definition) is 4. The van der Waals surface area contributed by atoms with Crippen molar-refractivity contribution in [3.8, 4) is 0 Å². The van der Waals surface area contributed by atoms with E-state index in [2.05, 4.69) is 24.0 Å². The van der Waals surface area contributed by atoms with Crippen molar-refractivity contribution in [2.75, 3.05) is 4.90 Å². The predicted molar refractivity (Wildman–Crippen MR) is 96.6 cm³/mol. The maximum absolute atomic E-state index is 11.5. The summed E-state index contributed by atoms with van der Waals surface area (Å²) in [5.41, 5.74) is 8.33. The molecule has 0 aromatic heterocycles. The lowest BCUT2D eigenvalue weighted by Gasteiger charge is -2.38. The second-order valence-corrected chi connectivity index (χ2v) is 6.32. The average Bonchev–Trinajstić information content (AvgIpc) is 2.62. The number of carbonyl (C=O) groups excluding carboxylic acids is 1. The highest BCUT2D eigenvalue weighted by molar-refractivity contribution is 5.93. The lowest BCUT2D eigenvalue weighted by molar-refractivity contribution is -0.385. The minimum atomic E-state index is -0.663. The lowest BCUT2D eigenvalue weighted by atomic mass is 9.93. The Balaban J connectivity index is 2.01. The Kier molecular flexibility index (Phi) is 4.70. The van der Waals surface area contributed by atoms with Crippen LogP contribution in [0.4, 0.5) is 11.4 Å². The van der Waals surface area contributed by atoms with Crippen molar-refractivity contribution in [2.45, 2.75) is 38.8 Å². The Hall–Kier alpha value is -2.89. The number of rotatable bonds is 5. The van der Waals surface area contributed by atoms with Crippen molar-refractivity contribution in [3.05, 3.63) is 69.3 Å². The molecule has 0 aliphatic carbocycles. The number of para-hydroxylation sites is 1. The third-order valence-electron chi connectivity index (χ3n) is 4.87. The summed E-state index contributed by atoms with van der Waals surface area (Å²) in [6.45, 7) is 2.57. The zero-order chi connectivity index (χ0) is 18.0. The van der Waals surface area contributed by atoms with E-state index in [1.165, 1.54) is 11.6 Å². The molecular formula is C19H21N3O3. The van der Waals surface area contributed by atoms with Gasteiger partial charge < -0.3 is 10.6 Å². The molecule has 0 saturated carbocycles. The van der Waals surface area contributed by atoms with Crippen LogP contribution in [0.3, 0.4) is 0 Å². The van der Waals surface area contributed by atoms with Gasteiger partial charge in [-0.25, -0.2) is 0 Å². The van der Waals surface area contributed by atoms with E-state index in [9.17, 15) is 14.9 Å². The van der Waals surface area contributed by atoms with Gasteiger partial charge in [0.05, 0.1) is 11.5 Å². The number of nitrogens with two attached hydrogens (primary N) is 1. The van der Waals surface area contributed by atoms with Gasteiger partial charge in [-0.05, 0) is 43.0 Å². The van der Waals surface area contributed by atoms with E-state index >= 15 is 0 Å². The zero-order valence-electron chi connectivity index (χ0n) is 14.1. The Morgan fingerprint density at radius 3 is 2.76 bits per heavy atom. The molecule has 6 nitrogen and oxygen atoms in total. The van der Waals surface area contributed by atoms with Crippen molar-refractivity contribution in [1.29, 1.82) is 0 Å². The molecule has 1 amide bonds. The standard InChI is InChI=1S/C19H21N3O3/c1-2-16-10-9-13-5-3-4-6-17(13)21(16)12-15-8-7-14(19(20)23)11-18(15)22(24)25/h3-8,11,16H,2,9-10,12H2,1H3,(H2,20,23)/t16-/m1/s1. The molecule has 1 heterocycles. The molecule has 0 spiro atoms. The highest BCUT2D eigenvalue weighted by Crippen LogP contribution is 2.34. The highest BCUT2D eigenvalue weighted by Gasteiger charge is 2.27. The maximum Gasteiger partial charge on any atom is 0.275 e. The van der Waals surface area contributed by atoms with Crippen LogP contribution >= 0.6 is 0 Å². The smallest absolute Gasteiger partial charge is 0.275 e. The Morgan fingerprint density at radius 2 is 2.08 bits per heavy atom. The predicted octanol–water partition coefficient (Wildman–Crippen LogP) is 3.43. The number of anilines is 1. The Morgan fingerprint density at radius 1 is 1.32 bits per heavy atom. The average molecular weight is 339 g/mol. The minimum absolute atomic E-state index is 0.0609. The quantitative estimate of drug-likeness (QED) is 0.667. The lowest BCUT2D eigenvalue weighted by Crippen LogP contribution is -2.38. The number of fused-ring (bicyclic) bond motifs is 1. The molecule has 1 aliphatic heterocycles. The molecule has 2 aromatic rings. The maximum atomic E-state index is 11.5. The molecule has 25 heavy (non-hydrogen) atoms. The second kappa shape index (κ2) is 6.93. The first-order valence-corrected chi connectivity index (χ1v) is 8.43. The number of hydrogen-bond donors (Lipinski definition) is 1. The van der Waals surface area contributed by atoms with Gasteiger partial charge in [0, 0.05) is 28.9 Å². The first-order chi connectivity index (χ1) is 12.0. The van der Waals surface area contributed by atoms with Crippen LogP contribution in [0.1, 0.15) is 41.3 Å². The summed E-state index contributed by atoms with van der Waals surface area (Å²) in [5, 5.41) is 11.5. The van der Waals surface area contributed by atoms with Crippen LogP contribution in [0.5, 0.6) is 0 Å². The van der Waals surface area contributed by atoms with Gasteiger partial charge in [-0.1, -0.05) is 25.1 Å². The molecule has 0 unspecified atom stereocenters. The molecular weight excluding hydrogens is 318 g/mol. The van der Waals surface area contributed by atoms with Crippen molar-refractivity contribution in [1.82, 2.24) is 0 Å². The largest absolute Gasteiger partial charge is 0.366 e. The number of nitro groups is 1. The van der Waals surface area contributed by atoms with Gasteiger partial charge in [0.2, 0.25) is 5.91 Å². The molecule has 0 saturated heterocycles. The third-order valence-corrected chi connectivity index (χ3v) is 4.87. The van der Waals surface area contributed by atoms with E-state index in [0.29, 0.717) is 18.2 Å². The number of primary amides is 1. The topological polar surface area (TPSA) is 89.5 Å². The van der Waals surface area contributed by atoms with Crippen LogP contribution in [0.15, 0.2) is 42.5 Å². The van der Waals surface area contributed by atoms with Gasteiger partial charge >= 0.3 is 0 Å². The Bertz CT molecular complexity index is 819. The van der Waals surface area contributed by atoms with Gasteiger partial charge in [-0.15, -0.1) is 0 Å². The highest BCUT2D eigenvalue weighted by atomic mass is 16.6. The van der Waals surface area contributed by atoms with Crippen LogP contribution in [-0.4, -0.2) is 16.9 Å². The van der Waals surface area contributed by atoms with Crippen LogP contribution < -0.4 is 10.6 Å². The molecule has 2 N–H and O–H groups in total. The summed E-state index contributed by atoms with van der Waals surface area (Å²) in [6.07, 6.45) is 3.02. The molecule has 6 heteroatoms. The number of carbonyl (C=O) groups is 1. The number of amides is 1. The van der Waals surface area contributed by atoms with E-state index < -0.39 is 10.8 Å². The van der Waals surface area contributed by atoms with Crippen LogP contribution in [0, 0.1) is 10.1 Å². The van der Waals surface area contributed by atoms with Crippen LogP contribution in [0.25, 0.3) is 0 Å². The molecule has 1 atom stereocenters. The molecule has 3 rings (SSSR count). The number of nitrogens with zero attached hydrogens (tertiary/aromatic N) is 2. The molecule has 0 radical (unpaired) electrons. The summed E-state index contributed by atoms with van der Waals surface area (Å²) in [4.78, 5) is 24.6. The summed E-state index contributed by atoms with van der Waals surface area (Å²) in [6, 6.07) is 13.0. The van der Waals surface area contributed by atoms with E-state index in [0.717, 1.165) is 24.9 Å². The van der Waals surface area contributed by atoms with Crippen LogP contribution in [-0.2, 0) is 13.0 Å². The first kappa shape index (κ1) is 17.0. The number of benzene rings is 2. The summed E-state index contributed by atoms with van der Waals surface area (Å²) in [5.74, 6) is -0.663. The van der Waals surface area contributed by atoms with E-state index in [1.54, 1.807) is 12.1 Å². The summed E-state index contributed by atoms with van der Waals surface area (Å²) < 4.78 is 0. The SMILES string of the molecule is CC[C@@H]1CCc2ccccc2N1Cc1ccc(C(N)=O)cc1[N+](=O)[O-]. The fourth-order valence-corrected chi connectivity index (χ4v) is 3.52. The number of aryl methyl sites for hydroxylation is 1. The van der Waals surface area contributed by atoms with Gasteiger partial charge in [0.25, 0.3) is 5.69 Å². The van der Waals surface area contributed by atoms with E-state index in [4.69, 9.17) is 5.73 Å². The van der Waals surface area contributed by atoms with Crippen LogP contribution in [0.2, 0.25) is 0 Å². The molecule has 130 valence electrons. The van der Waals surface area contributed by atoms with Crippen molar-refractivity contribution in [3.63, 3.8) is 0 Å².